The molecule has 0 aliphatic carbocycles. The predicted molar refractivity (Wildman–Crippen MR) is 50.9 cm³/mol. The van der Waals surface area contributed by atoms with Gasteiger partial charge in [0.1, 0.15) is 11.5 Å². The summed E-state index contributed by atoms with van der Waals surface area (Å²) in [6, 6.07) is 2.11. The fourth-order valence-corrected chi connectivity index (χ4v) is 1.31. The summed E-state index contributed by atoms with van der Waals surface area (Å²) in [5, 5.41) is 14.2. The number of carbonyl (C=O) groups is 1. The number of nitrogens with one attached hydrogen (secondary N) is 1. The van der Waals surface area contributed by atoms with Crippen LogP contribution in [0.3, 0.4) is 0 Å². The van der Waals surface area contributed by atoms with Gasteiger partial charge in [-0.25, -0.2) is 18.0 Å². The number of carboxylic acid groups (broad SMARTS) is 1. The lowest BCUT2D eigenvalue weighted by atomic mass is 10.1. The van der Waals surface area contributed by atoms with Gasteiger partial charge in [-0.2, -0.15) is 5.10 Å². The van der Waals surface area contributed by atoms with E-state index < -0.39 is 29.0 Å². The van der Waals surface area contributed by atoms with Gasteiger partial charge >= 0.3 is 5.97 Å². The zero-order valence-corrected chi connectivity index (χ0v) is 8.17. The molecule has 0 aliphatic heterocycles. The maximum absolute atomic E-state index is 13.3. The number of halogens is 3. The van der Waals surface area contributed by atoms with Gasteiger partial charge in [0.2, 0.25) is 0 Å². The second-order valence-electron chi connectivity index (χ2n) is 3.22. The Labute approximate surface area is 92.7 Å². The molecule has 88 valence electrons. The Hall–Kier alpha value is -2.31. The smallest absolute Gasteiger partial charge is 0.353 e. The maximum atomic E-state index is 13.3. The Balaban J connectivity index is 2.56. The van der Waals surface area contributed by atoms with Crippen molar-refractivity contribution in [2.24, 2.45) is 0 Å². The quantitative estimate of drug-likeness (QED) is 0.793. The van der Waals surface area contributed by atoms with Crippen molar-refractivity contribution in [3.8, 4) is 11.3 Å². The average molecular weight is 242 g/mol. The number of aromatic amines is 1. The van der Waals surface area contributed by atoms with Crippen LogP contribution in [0.15, 0.2) is 18.2 Å². The molecule has 1 heterocycles. The number of carboxylic acids is 1. The van der Waals surface area contributed by atoms with Crippen LogP contribution in [0.2, 0.25) is 0 Å². The number of hydrogen-bond acceptors (Lipinski definition) is 2. The molecule has 2 rings (SSSR count). The summed E-state index contributed by atoms with van der Waals surface area (Å²) in [5.41, 5.74) is -0.923. The number of hydrogen-bond donors (Lipinski definition) is 2. The predicted octanol–water partition coefficient (Wildman–Crippen LogP) is 2.19. The minimum atomic E-state index is -1.36. The van der Waals surface area contributed by atoms with Crippen molar-refractivity contribution in [2.45, 2.75) is 0 Å². The van der Waals surface area contributed by atoms with E-state index in [0.717, 1.165) is 12.1 Å². The van der Waals surface area contributed by atoms with Crippen LogP contribution in [0.1, 0.15) is 10.5 Å². The van der Waals surface area contributed by atoms with Crippen molar-refractivity contribution in [1.29, 1.82) is 0 Å². The Morgan fingerprint density at radius 3 is 2.53 bits per heavy atom. The lowest BCUT2D eigenvalue weighted by molar-refractivity contribution is 0.0690. The van der Waals surface area contributed by atoms with E-state index in [-0.39, 0.29) is 11.4 Å². The largest absolute Gasteiger partial charge is 0.477 e. The number of rotatable bonds is 2. The van der Waals surface area contributed by atoms with E-state index in [9.17, 15) is 18.0 Å². The van der Waals surface area contributed by atoms with Gasteiger partial charge < -0.3 is 5.11 Å². The average Bonchev–Trinajstić information content (AvgIpc) is 2.72. The molecule has 4 nitrogen and oxygen atoms in total. The minimum absolute atomic E-state index is 0.182. The molecule has 0 atom stereocenters. The van der Waals surface area contributed by atoms with Gasteiger partial charge in [-0.05, 0) is 12.1 Å². The van der Waals surface area contributed by atoms with Crippen LogP contribution < -0.4 is 0 Å². The van der Waals surface area contributed by atoms with Gasteiger partial charge in [-0.1, -0.05) is 0 Å². The molecule has 2 N–H and O–H groups in total. The normalized spacial score (nSPS) is 10.5. The molecule has 1 aromatic carbocycles. The SMILES string of the molecule is O=C(O)c1cc(-c2cc(F)cc(F)c2F)n[nH]1. The fourth-order valence-electron chi connectivity index (χ4n) is 1.31. The molecule has 0 spiro atoms. The van der Waals surface area contributed by atoms with Gasteiger partial charge in [0.05, 0.1) is 5.69 Å². The maximum Gasteiger partial charge on any atom is 0.353 e. The number of aromatic nitrogens is 2. The first-order valence-electron chi connectivity index (χ1n) is 4.42. The van der Waals surface area contributed by atoms with Gasteiger partial charge in [0.15, 0.2) is 11.6 Å². The summed E-state index contributed by atoms with van der Waals surface area (Å²) in [4.78, 5) is 10.6. The summed E-state index contributed by atoms with van der Waals surface area (Å²) in [6.07, 6.45) is 0. The molecule has 1 aromatic heterocycles. The Bertz CT molecular complexity index is 595. The number of H-pyrrole nitrogens is 1. The highest BCUT2D eigenvalue weighted by Gasteiger charge is 2.16. The van der Waals surface area contributed by atoms with Crippen molar-refractivity contribution in [3.05, 3.63) is 41.3 Å². The van der Waals surface area contributed by atoms with E-state index in [0.29, 0.717) is 6.07 Å². The molecule has 17 heavy (non-hydrogen) atoms. The van der Waals surface area contributed by atoms with E-state index >= 15 is 0 Å². The molecule has 0 unspecified atom stereocenters. The summed E-state index contributed by atoms with van der Waals surface area (Å²) in [7, 11) is 0. The zero-order chi connectivity index (χ0) is 12.6. The molecule has 0 saturated carbocycles. The van der Waals surface area contributed by atoms with Crippen LogP contribution in [0.5, 0.6) is 0 Å². The zero-order valence-electron chi connectivity index (χ0n) is 8.17. The van der Waals surface area contributed by atoms with E-state index in [1.165, 1.54) is 0 Å². The van der Waals surface area contributed by atoms with Crippen molar-refractivity contribution >= 4 is 5.97 Å². The highest BCUT2D eigenvalue weighted by atomic mass is 19.2. The van der Waals surface area contributed by atoms with Gasteiger partial charge in [-0.3, -0.25) is 5.10 Å². The summed E-state index contributed by atoms with van der Waals surface area (Å²) >= 11 is 0. The van der Waals surface area contributed by atoms with Crippen LogP contribution in [0, 0.1) is 17.5 Å². The summed E-state index contributed by atoms with van der Waals surface area (Å²) in [6.45, 7) is 0. The molecule has 2 aromatic rings. The third-order valence-corrected chi connectivity index (χ3v) is 2.08. The number of aromatic carboxylic acids is 1. The minimum Gasteiger partial charge on any atom is -0.477 e. The van der Waals surface area contributed by atoms with Crippen molar-refractivity contribution in [1.82, 2.24) is 10.2 Å². The molecular weight excluding hydrogens is 237 g/mol. The number of benzene rings is 1. The van der Waals surface area contributed by atoms with E-state index in [2.05, 4.69) is 10.2 Å². The van der Waals surface area contributed by atoms with Crippen LogP contribution in [-0.2, 0) is 0 Å². The first kappa shape index (κ1) is 11.2. The fraction of sp³-hybridized carbons (Fsp3) is 0. The van der Waals surface area contributed by atoms with Crippen LogP contribution in [0.25, 0.3) is 11.3 Å². The Morgan fingerprint density at radius 1 is 1.24 bits per heavy atom. The third-order valence-electron chi connectivity index (χ3n) is 2.08. The number of nitrogens with zero attached hydrogens (tertiary/aromatic N) is 1. The first-order chi connectivity index (χ1) is 7.99. The molecule has 0 radical (unpaired) electrons. The monoisotopic (exact) mass is 242 g/mol. The van der Waals surface area contributed by atoms with Gasteiger partial charge in [-0.15, -0.1) is 0 Å². The van der Waals surface area contributed by atoms with E-state index in [4.69, 9.17) is 5.11 Å². The lowest BCUT2D eigenvalue weighted by Gasteiger charge is -2.00. The van der Waals surface area contributed by atoms with Crippen LogP contribution in [-0.4, -0.2) is 21.3 Å². The molecule has 7 heteroatoms. The molecule has 0 fully saturated rings. The summed E-state index contributed by atoms with van der Waals surface area (Å²) in [5.74, 6) is -4.92. The van der Waals surface area contributed by atoms with Gasteiger partial charge in [0.25, 0.3) is 0 Å². The van der Waals surface area contributed by atoms with E-state index in [1.54, 1.807) is 0 Å². The molecule has 0 bridgehead atoms. The topological polar surface area (TPSA) is 66.0 Å². The second-order valence-corrected chi connectivity index (χ2v) is 3.22. The Kier molecular flexibility index (Phi) is 2.58. The second kappa shape index (κ2) is 3.93. The summed E-state index contributed by atoms with van der Waals surface area (Å²) < 4.78 is 39.2. The van der Waals surface area contributed by atoms with Crippen molar-refractivity contribution in [2.75, 3.05) is 0 Å². The first-order valence-corrected chi connectivity index (χ1v) is 4.42. The molecule has 0 amide bonds. The van der Waals surface area contributed by atoms with Crippen LogP contribution in [0.4, 0.5) is 13.2 Å². The van der Waals surface area contributed by atoms with E-state index in [1.807, 2.05) is 0 Å². The van der Waals surface area contributed by atoms with Crippen molar-refractivity contribution in [3.63, 3.8) is 0 Å². The molecule has 0 saturated heterocycles. The molecule has 0 aliphatic rings. The van der Waals surface area contributed by atoms with Gasteiger partial charge in [0, 0.05) is 11.6 Å². The molecular formula is C10H5F3N2O2. The highest BCUT2D eigenvalue weighted by Crippen LogP contribution is 2.24. The third kappa shape index (κ3) is 1.99. The highest BCUT2D eigenvalue weighted by molar-refractivity contribution is 5.86. The standard InChI is InChI=1S/C10H5F3N2O2/c11-4-1-5(9(13)6(12)2-4)7-3-8(10(16)17)15-14-7/h1-3H,(H,14,15)(H,16,17). The van der Waals surface area contributed by atoms with Crippen molar-refractivity contribution < 1.29 is 23.1 Å². The Morgan fingerprint density at radius 2 is 1.94 bits per heavy atom. The van der Waals surface area contributed by atoms with Crippen LogP contribution >= 0.6 is 0 Å². The lowest BCUT2D eigenvalue weighted by Crippen LogP contribution is -1.95.